The van der Waals surface area contributed by atoms with Crippen LogP contribution in [0.4, 0.5) is 0 Å². The maximum absolute atomic E-state index is 6.34. The number of rotatable bonds is 4. The first kappa shape index (κ1) is 14.0. The van der Waals surface area contributed by atoms with Crippen LogP contribution in [-0.4, -0.2) is 11.7 Å². The molecule has 2 N–H and O–H groups in total. The molecule has 3 aromatic rings. The van der Waals surface area contributed by atoms with Gasteiger partial charge in [-0.15, -0.1) is 0 Å². The summed E-state index contributed by atoms with van der Waals surface area (Å²) < 4.78 is 7.43. The first-order valence-electron chi connectivity index (χ1n) is 6.81. The molecular weight excluding hydrogens is 284 g/mol. The Morgan fingerprint density at radius 1 is 1.14 bits per heavy atom. The number of nitrogens with zero attached hydrogens (tertiary/aromatic N) is 1. The van der Waals surface area contributed by atoms with E-state index in [1.807, 2.05) is 30.3 Å². The number of fused-ring (bicyclic) bond motifs is 1. The Bertz CT molecular complexity index is 780. The Hall–Kier alpha value is -1.97. The zero-order chi connectivity index (χ0) is 14.8. The molecule has 0 saturated carbocycles. The first-order chi connectivity index (χ1) is 10.2. The Morgan fingerprint density at radius 3 is 2.71 bits per heavy atom. The van der Waals surface area contributed by atoms with E-state index in [0.29, 0.717) is 6.54 Å². The van der Waals surface area contributed by atoms with Crippen LogP contribution in [0.15, 0.2) is 48.7 Å². The van der Waals surface area contributed by atoms with Crippen LogP contribution in [0.1, 0.15) is 11.1 Å². The Labute approximate surface area is 128 Å². The summed E-state index contributed by atoms with van der Waals surface area (Å²) in [6.45, 7) is 1.24. The monoisotopic (exact) mass is 300 g/mol. The molecule has 0 unspecified atom stereocenters. The number of aromatic nitrogens is 1. The van der Waals surface area contributed by atoms with Crippen LogP contribution < -0.4 is 10.5 Å². The van der Waals surface area contributed by atoms with Crippen molar-refractivity contribution in [3.8, 4) is 5.75 Å². The van der Waals surface area contributed by atoms with Crippen LogP contribution in [-0.2, 0) is 13.1 Å². The molecule has 3 nitrogen and oxygen atoms in total. The second-order valence-electron chi connectivity index (χ2n) is 5.00. The minimum Gasteiger partial charge on any atom is -0.497 e. The fraction of sp³-hybridized carbons (Fsp3) is 0.176. The Morgan fingerprint density at radius 2 is 2.00 bits per heavy atom. The van der Waals surface area contributed by atoms with Crippen molar-refractivity contribution >= 4 is 22.5 Å². The third-order valence-electron chi connectivity index (χ3n) is 3.67. The van der Waals surface area contributed by atoms with Gasteiger partial charge < -0.3 is 15.0 Å². The minimum absolute atomic E-state index is 0.506. The van der Waals surface area contributed by atoms with Gasteiger partial charge in [-0.05, 0) is 41.5 Å². The quantitative estimate of drug-likeness (QED) is 0.796. The van der Waals surface area contributed by atoms with E-state index in [9.17, 15) is 0 Å². The molecule has 0 aliphatic rings. The number of hydrogen-bond acceptors (Lipinski definition) is 2. The lowest BCUT2D eigenvalue weighted by molar-refractivity contribution is 0.415. The second-order valence-corrected chi connectivity index (χ2v) is 5.41. The van der Waals surface area contributed by atoms with Gasteiger partial charge in [-0.1, -0.05) is 23.7 Å². The van der Waals surface area contributed by atoms with Gasteiger partial charge in [0.15, 0.2) is 0 Å². The lowest BCUT2D eigenvalue weighted by atomic mass is 10.1. The molecule has 0 aliphatic heterocycles. The smallest absolute Gasteiger partial charge is 0.119 e. The third kappa shape index (κ3) is 2.75. The van der Waals surface area contributed by atoms with Crippen molar-refractivity contribution in [3.05, 3.63) is 64.8 Å². The van der Waals surface area contributed by atoms with Gasteiger partial charge in [-0.2, -0.15) is 0 Å². The number of nitrogens with two attached hydrogens (primary N) is 1. The molecule has 0 atom stereocenters. The summed E-state index contributed by atoms with van der Waals surface area (Å²) in [5.41, 5.74) is 8.93. The van der Waals surface area contributed by atoms with E-state index in [1.165, 1.54) is 0 Å². The molecule has 1 heterocycles. The van der Waals surface area contributed by atoms with Gasteiger partial charge in [-0.25, -0.2) is 0 Å². The molecule has 0 amide bonds. The summed E-state index contributed by atoms with van der Waals surface area (Å²) >= 11 is 6.34. The fourth-order valence-electron chi connectivity index (χ4n) is 2.47. The van der Waals surface area contributed by atoms with Crippen molar-refractivity contribution in [2.45, 2.75) is 13.1 Å². The number of methoxy groups -OCH3 is 1. The number of ether oxygens (including phenoxy) is 1. The van der Waals surface area contributed by atoms with Gasteiger partial charge in [0.1, 0.15) is 5.75 Å². The van der Waals surface area contributed by atoms with Crippen molar-refractivity contribution in [2.24, 2.45) is 5.73 Å². The van der Waals surface area contributed by atoms with Gasteiger partial charge >= 0.3 is 0 Å². The standard InChI is InChI=1S/C17H17ClN2O/c1-21-15-4-5-17-13(9-15)6-7-20(17)11-14-3-2-12(10-19)8-16(14)18/h2-9H,10-11,19H2,1H3. The highest BCUT2D eigenvalue weighted by molar-refractivity contribution is 6.31. The normalized spacial score (nSPS) is 11.0. The largest absolute Gasteiger partial charge is 0.497 e. The van der Waals surface area contributed by atoms with Gasteiger partial charge in [0, 0.05) is 35.2 Å². The molecular formula is C17H17ClN2O. The van der Waals surface area contributed by atoms with Gasteiger partial charge in [0.25, 0.3) is 0 Å². The predicted octanol–water partition coefficient (Wildman–Crippen LogP) is 3.81. The number of hydrogen-bond donors (Lipinski definition) is 1. The van der Waals surface area contributed by atoms with Crippen LogP contribution in [0.25, 0.3) is 10.9 Å². The summed E-state index contributed by atoms with van der Waals surface area (Å²) in [4.78, 5) is 0. The highest BCUT2D eigenvalue weighted by atomic mass is 35.5. The molecule has 4 heteroatoms. The van der Waals surface area contributed by atoms with Crippen LogP contribution in [0.3, 0.4) is 0 Å². The molecule has 0 spiro atoms. The molecule has 3 rings (SSSR count). The van der Waals surface area contributed by atoms with Crippen LogP contribution in [0.5, 0.6) is 5.75 Å². The van der Waals surface area contributed by atoms with E-state index < -0.39 is 0 Å². The minimum atomic E-state index is 0.506. The highest BCUT2D eigenvalue weighted by Gasteiger charge is 2.06. The molecule has 0 fully saturated rings. The summed E-state index contributed by atoms with van der Waals surface area (Å²) in [5.74, 6) is 0.866. The molecule has 0 aliphatic carbocycles. The first-order valence-corrected chi connectivity index (χ1v) is 7.19. The molecule has 0 radical (unpaired) electrons. The number of halogens is 1. The average Bonchev–Trinajstić information content (AvgIpc) is 2.91. The molecule has 0 bridgehead atoms. The Balaban J connectivity index is 1.95. The van der Waals surface area contributed by atoms with Crippen molar-refractivity contribution in [1.29, 1.82) is 0 Å². The van der Waals surface area contributed by atoms with E-state index in [0.717, 1.165) is 39.3 Å². The SMILES string of the molecule is COc1ccc2c(ccn2Cc2ccc(CN)cc2Cl)c1. The summed E-state index contributed by atoms with van der Waals surface area (Å²) in [6.07, 6.45) is 2.07. The maximum atomic E-state index is 6.34. The third-order valence-corrected chi connectivity index (χ3v) is 4.02. The average molecular weight is 301 g/mol. The topological polar surface area (TPSA) is 40.2 Å². The molecule has 2 aromatic carbocycles. The van der Waals surface area contributed by atoms with Crippen molar-refractivity contribution in [3.63, 3.8) is 0 Å². The molecule has 1 aromatic heterocycles. The van der Waals surface area contributed by atoms with E-state index >= 15 is 0 Å². The second kappa shape index (κ2) is 5.80. The van der Waals surface area contributed by atoms with E-state index in [4.69, 9.17) is 22.1 Å². The maximum Gasteiger partial charge on any atom is 0.119 e. The van der Waals surface area contributed by atoms with Crippen LogP contribution in [0, 0.1) is 0 Å². The lowest BCUT2D eigenvalue weighted by Gasteiger charge is -2.09. The van der Waals surface area contributed by atoms with Crippen molar-refractivity contribution < 1.29 is 4.74 Å². The number of benzene rings is 2. The van der Waals surface area contributed by atoms with E-state index in [2.05, 4.69) is 22.9 Å². The fourth-order valence-corrected chi connectivity index (χ4v) is 2.74. The molecule has 21 heavy (non-hydrogen) atoms. The summed E-state index contributed by atoms with van der Waals surface area (Å²) in [6, 6.07) is 14.2. The molecule has 0 saturated heterocycles. The summed E-state index contributed by atoms with van der Waals surface area (Å²) in [5, 5.41) is 1.91. The van der Waals surface area contributed by atoms with Gasteiger partial charge in [-0.3, -0.25) is 0 Å². The van der Waals surface area contributed by atoms with E-state index in [1.54, 1.807) is 7.11 Å². The van der Waals surface area contributed by atoms with E-state index in [-0.39, 0.29) is 0 Å². The van der Waals surface area contributed by atoms with Gasteiger partial charge in [0.2, 0.25) is 0 Å². The van der Waals surface area contributed by atoms with Crippen LogP contribution in [0.2, 0.25) is 5.02 Å². The van der Waals surface area contributed by atoms with Crippen LogP contribution >= 0.6 is 11.6 Å². The van der Waals surface area contributed by atoms with Crippen molar-refractivity contribution in [2.75, 3.05) is 7.11 Å². The lowest BCUT2D eigenvalue weighted by Crippen LogP contribution is -2.01. The van der Waals surface area contributed by atoms with Gasteiger partial charge in [0.05, 0.1) is 7.11 Å². The highest BCUT2D eigenvalue weighted by Crippen LogP contribution is 2.24. The molecule has 108 valence electrons. The predicted molar refractivity (Wildman–Crippen MR) is 86.9 cm³/mol. The van der Waals surface area contributed by atoms with Crippen molar-refractivity contribution in [1.82, 2.24) is 4.57 Å². The zero-order valence-electron chi connectivity index (χ0n) is 11.8. The Kier molecular flexibility index (Phi) is 3.86. The zero-order valence-corrected chi connectivity index (χ0v) is 12.6. The summed E-state index contributed by atoms with van der Waals surface area (Å²) in [7, 11) is 1.68.